The Labute approximate surface area is 114 Å². The van der Waals surface area contributed by atoms with Crippen LogP contribution in [0.3, 0.4) is 0 Å². The van der Waals surface area contributed by atoms with Gasteiger partial charge in [-0.25, -0.2) is 4.99 Å². The molecule has 0 spiro atoms. The van der Waals surface area contributed by atoms with E-state index in [9.17, 15) is 15.0 Å². The number of methoxy groups -OCH3 is 1. The normalized spacial score (nSPS) is 19.9. The van der Waals surface area contributed by atoms with Crippen molar-refractivity contribution in [2.24, 2.45) is 12.0 Å². The van der Waals surface area contributed by atoms with Crippen molar-refractivity contribution >= 4 is 17.7 Å². The standard InChI is InChI=1S/C11H16N4O5/c1-15-10(19)7-9(14-11(15)20-2)12-3-5(13-7)8(18)6(17)4-16/h3,5-6,8,13,16-18H,4H2,1-2H3/t5-,6+,8+/m0/s1. The number of aliphatic imine (C=N–C) groups is 1. The summed E-state index contributed by atoms with van der Waals surface area (Å²) in [4.78, 5) is 20.1. The molecule has 1 aromatic rings. The van der Waals surface area contributed by atoms with Crippen LogP contribution in [0.1, 0.15) is 0 Å². The molecule has 0 fully saturated rings. The molecule has 1 aliphatic rings. The van der Waals surface area contributed by atoms with Gasteiger partial charge in [0, 0.05) is 13.3 Å². The molecule has 0 radical (unpaired) electrons. The maximum Gasteiger partial charge on any atom is 0.300 e. The van der Waals surface area contributed by atoms with Gasteiger partial charge in [0.2, 0.25) is 0 Å². The molecule has 3 atom stereocenters. The third kappa shape index (κ3) is 2.38. The molecule has 0 saturated heterocycles. The van der Waals surface area contributed by atoms with Crippen molar-refractivity contribution in [2.75, 3.05) is 19.0 Å². The number of nitrogens with zero attached hydrogens (tertiary/aromatic N) is 3. The summed E-state index contributed by atoms with van der Waals surface area (Å²) in [7, 11) is 2.88. The van der Waals surface area contributed by atoms with Gasteiger partial charge in [0.15, 0.2) is 5.82 Å². The van der Waals surface area contributed by atoms with E-state index in [0.29, 0.717) is 0 Å². The number of aliphatic hydroxyl groups excluding tert-OH is 3. The van der Waals surface area contributed by atoms with Gasteiger partial charge in [0.25, 0.3) is 5.56 Å². The molecule has 20 heavy (non-hydrogen) atoms. The minimum atomic E-state index is -1.34. The summed E-state index contributed by atoms with van der Waals surface area (Å²) < 4.78 is 6.14. The van der Waals surface area contributed by atoms with E-state index in [1.54, 1.807) is 0 Å². The summed E-state index contributed by atoms with van der Waals surface area (Å²) in [6, 6.07) is -0.686. The monoisotopic (exact) mass is 284 g/mol. The largest absolute Gasteiger partial charge is 0.468 e. The maximum absolute atomic E-state index is 12.1. The summed E-state index contributed by atoms with van der Waals surface area (Å²) >= 11 is 0. The van der Waals surface area contributed by atoms with Gasteiger partial charge in [-0.2, -0.15) is 4.98 Å². The third-order valence-electron chi connectivity index (χ3n) is 3.03. The lowest BCUT2D eigenvalue weighted by atomic mass is 10.1. The Morgan fingerprint density at radius 2 is 2.25 bits per heavy atom. The second-order valence-electron chi connectivity index (χ2n) is 4.35. The first-order valence-electron chi connectivity index (χ1n) is 5.92. The van der Waals surface area contributed by atoms with Gasteiger partial charge in [0.1, 0.15) is 17.9 Å². The van der Waals surface area contributed by atoms with Crippen LogP contribution in [-0.2, 0) is 7.05 Å². The highest BCUT2D eigenvalue weighted by Crippen LogP contribution is 2.25. The highest BCUT2D eigenvalue weighted by Gasteiger charge is 2.29. The van der Waals surface area contributed by atoms with Gasteiger partial charge in [-0.1, -0.05) is 0 Å². The quantitative estimate of drug-likeness (QED) is 0.503. The molecule has 0 saturated carbocycles. The molecule has 0 bridgehead atoms. The predicted octanol–water partition coefficient (Wildman–Crippen LogP) is -2.00. The summed E-state index contributed by atoms with van der Waals surface area (Å²) in [6.07, 6.45) is -1.32. The fourth-order valence-corrected chi connectivity index (χ4v) is 1.85. The molecule has 1 aliphatic heterocycles. The number of nitrogens with one attached hydrogen (secondary N) is 1. The molecule has 1 aromatic heterocycles. The van der Waals surface area contributed by atoms with Crippen molar-refractivity contribution in [1.29, 1.82) is 0 Å². The van der Waals surface area contributed by atoms with E-state index in [0.717, 1.165) is 0 Å². The van der Waals surface area contributed by atoms with Gasteiger partial charge in [0.05, 0.1) is 19.8 Å². The zero-order valence-corrected chi connectivity index (χ0v) is 11.0. The molecule has 2 heterocycles. The van der Waals surface area contributed by atoms with Gasteiger partial charge in [-0.15, -0.1) is 0 Å². The van der Waals surface area contributed by atoms with E-state index in [1.807, 2.05) is 0 Å². The van der Waals surface area contributed by atoms with Crippen molar-refractivity contribution in [3.05, 3.63) is 10.4 Å². The molecule has 2 rings (SSSR count). The lowest BCUT2D eigenvalue weighted by Crippen LogP contribution is -2.46. The van der Waals surface area contributed by atoms with Gasteiger partial charge in [-0.05, 0) is 0 Å². The van der Waals surface area contributed by atoms with Crippen LogP contribution in [0.25, 0.3) is 0 Å². The Kier molecular flexibility index (Phi) is 4.02. The van der Waals surface area contributed by atoms with E-state index >= 15 is 0 Å². The first-order chi connectivity index (χ1) is 9.49. The molecule has 9 nitrogen and oxygen atoms in total. The lowest BCUT2D eigenvalue weighted by molar-refractivity contribution is -0.0136. The molecule has 9 heteroatoms. The van der Waals surface area contributed by atoms with Crippen LogP contribution in [0.2, 0.25) is 0 Å². The average molecular weight is 284 g/mol. The molecule has 110 valence electrons. The van der Waals surface area contributed by atoms with Crippen LogP contribution in [-0.4, -0.2) is 63.1 Å². The highest BCUT2D eigenvalue weighted by atomic mass is 16.5. The Morgan fingerprint density at radius 1 is 1.55 bits per heavy atom. The smallest absolute Gasteiger partial charge is 0.300 e. The molecular weight excluding hydrogens is 268 g/mol. The summed E-state index contributed by atoms with van der Waals surface area (Å²) in [5.74, 6) is 0.145. The Balaban J connectivity index is 2.36. The second kappa shape index (κ2) is 5.57. The second-order valence-corrected chi connectivity index (χ2v) is 4.35. The van der Waals surface area contributed by atoms with E-state index < -0.39 is 30.4 Å². The van der Waals surface area contributed by atoms with Crippen LogP contribution in [0, 0.1) is 0 Å². The van der Waals surface area contributed by atoms with E-state index in [1.165, 1.54) is 24.9 Å². The molecular formula is C11H16N4O5. The van der Waals surface area contributed by atoms with Gasteiger partial charge >= 0.3 is 6.01 Å². The molecule has 0 amide bonds. The van der Waals surface area contributed by atoms with Gasteiger partial charge < -0.3 is 25.4 Å². The predicted molar refractivity (Wildman–Crippen MR) is 70.7 cm³/mol. The summed E-state index contributed by atoms with van der Waals surface area (Å²) in [5, 5.41) is 30.8. The van der Waals surface area contributed by atoms with Crippen LogP contribution in [0.5, 0.6) is 6.01 Å². The SMILES string of the molecule is COc1nc2c(c(=O)n1C)N[C@H]([C@@H](O)[C@H](O)CO)C=N2. The maximum atomic E-state index is 12.1. The summed E-state index contributed by atoms with van der Waals surface area (Å²) in [5.41, 5.74) is -0.315. The number of hydrogen-bond acceptors (Lipinski definition) is 8. The van der Waals surface area contributed by atoms with Crippen LogP contribution in [0.4, 0.5) is 11.5 Å². The fourth-order valence-electron chi connectivity index (χ4n) is 1.85. The van der Waals surface area contributed by atoms with Crippen LogP contribution in [0.15, 0.2) is 9.79 Å². The van der Waals surface area contributed by atoms with E-state index in [-0.39, 0.29) is 17.5 Å². The Morgan fingerprint density at radius 3 is 2.85 bits per heavy atom. The topological polar surface area (TPSA) is 129 Å². The average Bonchev–Trinajstić information content (AvgIpc) is 2.48. The highest BCUT2D eigenvalue weighted by molar-refractivity contribution is 5.81. The molecule has 0 aliphatic carbocycles. The van der Waals surface area contributed by atoms with E-state index in [4.69, 9.17) is 9.84 Å². The van der Waals surface area contributed by atoms with Crippen LogP contribution >= 0.6 is 0 Å². The number of aliphatic hydroxyl groups is 3. The van der Waals surface area contributed by atoms with Crippen molar-refractivity contribution in [1.82, 2.24) is 9.55 Å². The number of rotatable bonds is 4. The molecule has 0 aromatic carbocycles. The number of ether oxygens (including phenoxy) is 1. The number of hydrogen-bond donors (Lipinski definition) is 4. The minimum absolute atomic E-state index is 0.102. The van der Waals surface area contributed by atoms with Crippen molar-refractivity contribution in [3.8, 4) is 6.01 Å². The van der Waals surface area contributed by atoms with Crippen molar-refractivity contribution in [3.63, 3.8) is 0 Å². The van der Waals surface area contributed by atoms with E-state index in [2.05, 4.69) is 15.3 Å². The molecule has 0 unspecified atom stereocenters. The number of fused-ring (bicyclic) bond motifs is 1. The summed E-state index contributed by atoms with van der Waals surface area (Å²) in [6.45, 7) is -0.598. The Bertz CT molecular complexity index is 585. The Hall–Kier alpha value is -1.97. The van der Waals surface area contributed by atoms with Crippen molar-refractivity contribution < 1.29 is 20.1 Å². The van der Waals surface area contributed by atoms with Gasteiger partial charge in [-0.3, -0.25) is 9.36 Å². The zero-order chi connectivity index (χ0) is 14.9. The fraction of sp³-hybridized carbons (Fsp3) is 0.545. The zero-order valence-electron chi connectivity index (χ0n) is 11.0. The first-order valence-corrected chi connectivity index (χ1v) is 5.92. The third-order valence-corrected chi connectivity index (χ3v) is 3.03. The first kappa shape index (κ1) is 14.4. The lowest BCUT2D eigenvalue weighted by Gasteiger charge is -2.27. The number of aromatic nitrogens is 2. The van der Waals surface area contributed by atoms with Crippen molar-refractivity contribution in [2.45, 2.75) is 18.2 Å². The number of anilines is 1. The molecule has 4 N–H and O–H groups in total. The van der Waals surface area contributed by atoms with Crippen LogP contribution < -0.4 is 15.6 Å². The minimum Gasteiger partial charge on any atom is -0.468 e.